The second kappa shape index (κ2) is 9.03. The van der Waals surface area contributed by atoms with Gasteiger partial charge in [0, 0.05) is 20.2 Å². The van der Waals surface area contributed by atoms with Crippen LogP contribution in [0.25, 0.3) is 0 Å². The number of methoxy groups -OCH3 is 1. The van der Waals surface area contributed by atoms with Crippen LogP contribution in [-0.4, -0.2) is 37.6 Å². The van der Waals surface area contributed by atoms with E-state index in [2.05, 4.69) is 0 Å². The van der Waals surface area contributed by atoms with Gasteiger partial charge >= 0.3 is 0 Å². The molecule has 118 valence electrons. The normalized spacial score (nSPS) is 19.7. The van der Waals surface area contributed by atoms with Gasteiger partial charge < -0.3 is 15.4 Å². The van der Waals surface area contributed by atoms with Crippen LogP contribution in [0.3, 0.4) is 0 Å². The van der Waals surface area contributed by atoms with Gasteiger partial charge in [-0.25, -0.2) is 0 Å². The second-order valence-corrected chi connectivity index (χ2v) is 5.40. The Balaban J connectivity index is 0.00000220. The lowest BCUT2D eigenvalue weighted by Gasteiger charge is -2.34. The van der Waals surface area contributed by atoms with Crippen molar-refractivity contribution in [2.45, 2.75) is 25.4 Å². The molecule has 1 aliphatic heterocycles. The molecule has 1 aromatic carbocycles. The van der Waals surface area contributed by atoms with E-state index < -0.39 is 6.10 Å². The zero-order valence-corrected chi connectivity index (χ0v) is 13.3. The molecule has 0 aromatic heterocycles. The molecule has 0 saturated carbocycles. The maximum Gasteiger partial charge on any atom is 0.256 e. The quantitative estimate of drug-likeness (QED) is 0.908. The number of hydrogen-bond donors (Lipinski definition) is 1. The summed E-state index contributed by atoms with van der Waals surface area (Å²) in [4.78, 5) is 14.6. The molecule has 1 fully saturated rings. The number of carbonyl (C=O) groups excluding carboxylic acids is 1. The number of amides is 1. The van der Waals surface area contributed by atoms with E-state index in [9.17, 15) is 4.79 Å². The lowest BCUT2D eigenvalue weighted by molar-refractivity contribution is -0.144. The first-order chi connectivity index (χ1) is 9.76. The maximum absolute atomic E-state index is 12.6. The fourth-order valence-electron chi connectivity index (χ4n) is 2.91. The highest BCUT2D eigenvalue weighted by atomic mass is 35.5. The Kier molecular flexibility index (Phi) is 7.72. The maximum atomic E-state index is 12.6. The van der Waals surface area contributed by atoms with Crippen molar-refractivity contribution >= 4 is 18.3 Å². The van der Waals surface area contributed by atoms with Gasteiger partial charge in [0.25, 0.3) is 5.91 Å². The lowest BCUT2D eigenvalue weighted by atomic mass is 9.94. The Hall–Kier alpha value is -1.10. The minimum atomic E-state index is -0.493. The van der Waals surface area contributed by atoms with Crippen molar-refractivity contribution in [2.24, 2.45) is 11.7 Å². The number of piperidine rings is 1. The van der Waals surface area contributed by atoms with E-state index in [1.165, 1.54) is 6.42 Å². The summed E-state index contributed by atoms with van der Waals surface area (Å²) in [7, 11) is 1.59. The van der Waals surface area contributed by atoms with Crippen LogP contribution in [0.4, 0.5) is 0 Å². The molecular formula is C16H25ClN2O2. The molecule has 1 aromatic rings. The number of benzene rings is 1. The first kappa shape index (κ1) is 18.0. The second-order valence-electron chi connectivity index (χ2n) is 5.40. The van der Waals surface area contributed by atoms with E-state index in [-0.39, 0.29) is 18.3 Å². The summed E-state index contributed by atoms with van der Waals surface area (Å²) in [5, 5.41) is 0. The van der Waals surface area contributed by atoms with E-state index in [0.29, 0.717) is 12.5 Å². The number of rotatable bonds is 5. The molecule has 2 N–H and O–H groups in total. The molecule has 0 radical (unpaired) electrons. The van der Waals surface area contributed by atoms with Gasteiger partial charge in [0.1, 0.15) is 0 Å². The smallest absolute Gasteiger partial charge is 0.256 e. The van der Waals surface area contributed by atoms with Crippen molar-refractivity contribution in [3.63, 3.8) is 0 Å². The van der Waals surface area contributed by atoms with Crippen molar-refractivity contribution in [1.29, 1.82) is 0 Å². The van der Waals surface area contributed by atoms with E-state index in [1.54, 1.807) is 7.11 Å². The summed E-state index contributed by atoms with van der Waals surface area (Å²) in [6.07, 6.45) is 2.73. The fraction of sp³-hybridized carbons (Fsp3) is 0.562. The Labute approximate surface area is 133 Å². The SMILES string of the molecule is COC(C(=O)N1CCCC(CCN)C1)c1ccccc1.Cl. The average Bonchev–Trinajstić information content (AvgIpc) is 2.50. The van der Waals surface area contributed by atoms with Crippen LogP contribution in [-0.2, 0) is 9.53 Å². The van der Waals surface area contributed by atoms with Crippen molar-refractivity contribution in [1.82, 2.24) is 4.90 Å². The minimum absolute atomic E-state index is 0. The van der Waals surface area contributed by atoms with Gasteiger partial charge in [-0.2, -0.15) is 0 Å². The van der Waals surface area contributed by atoms with E-state index in [1.807, 2.05) is 35.2 Å². The largest absolute Gasteiger partial charge is 0.367 e. The molecule has 2 rings (SSSR count). The predicted molar refractivity (Wildman–Crippen MR) is 86.4 cm³/mol. The molecule has 21 heavy (non-hydrogen) atoms. The highest BCUT2D eigenvalue weighted by Gasteiger charge is 2.29. The topological polar surface area (TPSA) is 55.6 Å². The van der Waals surface area contributed by atoms with Gasteiger partial charge in [0.05, 0.1) is 0 Å². The van der Waals surface area contributed by atoms with Gasteiger partial charge in [0.15, 0.2) is 6.10 Å². The van der Waals surface area contributed by atoms with Crippen LogP contribution < -0.4 is 5.73 Å². The molecule has 1 heterocycles. The highest BCUT2D eigenvalue weighted by molar-refractivity contribution is 5.85. The predicted octanol–water partition coefficient (Wildman–Crippen LogP) is 2.38. The molecule has 0 spiro atoms. The molecule has 1 aliphatic rings. The summed E-state index contributed by atoms with van der Waals surface area (Å²) in [6, 6.07) is 9.68. The summed E-state index contributed by atoms with van der Waals surface area (Å²) in [5.74, 6) is 0.603. The zero-order chi connectivity index (χ0) is 14.4. The number of carbonyl (C=O) groups is 1. The molecule has 4 nitrogen and oxygen atoms in total. The van der Waals surface area contributed by atoms with Crippen molar-refractivity contribution in [3.8, 4) is 0 Å². The molecule has 5 heteroatoms. The van der Waals surface area contributed by atoms with E-state index in [0.717, 1.165) is 31.5 Å². The molecular weight excluding hydrogens is 288 g/mol. The van der Waals surface area contributed by atoms with Crippen molar-refractivity contribution in [2.75, 3.05) is 26.7 Å². The zero-order valence-electron chi connectivity index (χ0n) is 12.5. The first-order valence-corrected chi connectivity index (χ1v) is 7.33. The third-order valence-electron chi connectivity index (χ3n) is 3.97. The van der Waals surface area contributed by atoms with Gasteiger partial charge in [-0.05, 0) is 37.3 Å². The number of nitrogens with two attached hydrogens (primary N) is 1. The third kappa shape index (κ3) is 4.70. The van der Waals surface area contributed by atoms with Crippen LogP contribution in [0.5, 0.6) is 0 Å². The minimum Gasteiger partial charge on any atom is -0.367 e. The Morgan fingerprint density at radius 2 is 2.14 bits per heavy atom. The monoisotopic (exact) mass is 312 g/mol. The van der Waals surface area contributed by atoms with E-state index >= 15 is 0 Å². The van der Waals surface area contributed by atoms with Crippen molar-refractivity contribution < 1.29 is 9.53 Å². The lowest BCUT2D eigenvalue weighted by Crippen LogP contribution is -2.43. The number of likely N-dealkylation sites (tertiary alicyclic amines) is 1. The van der Waals surface area contributed by atoms with Crippen LogP contribution in [0, 0.1) is 5.92 Å². The fourth-order valence-corrected chi connectivity index (χ4v) is 2.91. The van der Waals surface area contributed by atoms with Gasteiger partial charge in [-0.3, -0.25) is 4.79 Å². The van der Waals surface area contributed by atoms with Crippen LogP contribution in [0.15, 0.2) is 30.3 Å². The number of hydrogen-bond acceptors (Lipinski definition) is 3. The summed E-state index contributed by atoms with van der Waals surface area (Å²) < 4.78 is 5.43. The Bertz CT molecular complexity index is 426. The van der Waals surface area contributed by atoms with Crippen LogP contribution >= 0.6 is 12.4 Å². The standard InChI is InChI=1S/C16H24N2O2.ClH/c1-20-15(14-7-3-2-4-8-14)16(19)18-11-5-6-13(12-18)9-10-17;/h2-4,7-8,13,15H,5-6,9-12,17H2,1H3;1H. The van der Waals surface area contributed by atoms with Gasteiger partial charge in [-0.1, -0.05) is 30.3 Å². The van der Waals surface area contributed by atoms with Crippen LogP contribution in [0.2, 0.25) is 0 Å². The summed E-state index contributed by atoms with van der Waals surface area (Å²) in [6.45, 7) is 2.33. The summed E-state index contributed by atoms with van der Waals surface area (Å²) >= 11 is 0. The summed E-state index contributed by atoms with van der Waals surface area (Å²) in [5.41, 5.74) is 6.55. The number of ether oxygens (including phenoxy) is 1. The molecule has 0 aliphatic carbocycles. The molecule has 2 atom stereocenters. The van der Waals surface area contributed by atoms with Gasteiger partial charge in [0.2, 0.25) is 0 Å². The van der Waals surface area contributed by atoms with Crippen LogP contribution in [0.1, 0.15) is 30.9 Å². The Morgan fingerprint density at radius 1 is 1.43 bits per heavy atom. The highest BCUT2D eigenvalue weighted by Crippen LogP contribution is 2.24. The van der Waals surface area contributed by atoms with E-state index in [4.69, 9.17) is 10.5 Å². The number of halogens is 1. The van der Waals surface area contributed by atoms with Crippen molar-refractivity contribution in [3.05, 3.63) is 35.9 Å². The molecule has 1 saturated heterocycles. The molecule has 2 unspecified atom stereocenters. The first-order valence-electron chi connectivity index (χ1n) is 7.33. The molecule has 1 amide bonds. The number of nitrogens with zero attached hydrogens (tertiary/aromatic N) is 1. The molecule has 0 bridgehead atoms. The third-order valence-corrected chi connectivity index (χ3v) is 3.97. The average molecular weight is 313 g/mol. The Morgan fingerprint density at radius 3 is 2.76 bits per heavy atom. The van der Waals surface area contributed by atoms with Gasteiger partial charge in [-0.15, -0.1) is 12.4 Å².